The number of nitrogens with two attached hydrogens (primary N) is 1. The molecule has 148 valence electrons. The lowest BCUT2D eigenvalue weighted by Crippen LogP contribution is -2.68. The number of carbonyl (C=O) groups excluding carboxylic acids is 1. The van der Waals surface area contributed by atoms with E-state index in [1.807, 2.05) is 0 Å². The van der Waals surface area contributed by atoms with E-state index in [0.29, 0.717) is 23.8 Å². The van der Waals surface area contributed by atoms with Crippen LogP contribution in [-0.4, -0.2) is 88.0 Å². The number of oxime groups is 1. The van der Waals surface area contributed by atoms with Crippen molar-refractivity contribution in [3.63, 3.8) is 0 Å². The summed E-state index contributed by atoms with van der Waals surface area (Å²) >= 11 is 1.43. The fraction of sp³-hybridized carbons (Fsp3) is 0.583. The Kier molecular flexibility index (Phi) is 7.40. The summed E-state index contributed by atoms with van der Waals surface area (Å²) in [4.78, 5) is 31.4. The van der Waals surface area contributed by atoms with E-state index in [9.17, 15) is 14.7 Å². The van der Waals surface area contributed by atoms with Crippen LogP contribution in [0.2, 0.25) is 0 Å². The normalized spacial score (nSPS) is 22.8. The maximum atomic E-state index is 11.9. The van der Waals surface area contributed by atoms with Gasteiger partial charge in [-0.3, -0.25) is 18.8 Å². The topological polar surface area (TPSA) is 183 Å². The summed E-state index contributed by atoms with van der Waals surface area (Å²) in [6.07, 6.45) is 0. The highest BCUT2D eigenvalue weighted by atomic mass is 32.3. The molecule has 0 aliphatic carbocycles. The van der Waals surface area contributed by atoms with E-state index in [1.165, 1.54) is 16.7 Å². The first-order valence-electron chi connectivity index (χ1n) is 7.14. The summed E-state index contributed by atoms with van der Waals surface area (Å²) in [7, 11) is -1.19. The average molecular weight is 412 g/mol. The maximum Gasteiger partial charge on any atom is 0.394 e. The van der Waals surface area contributed by atoms with Gasteiger partial charge in [0.2, 0.25) is 5.91 Å². The Hall–Kier alpha value is -1.87. The summed E-state index contributed by atoms with van der Waals surface area (Å²) in [5, 5.41) is 13.1. The van der Waals surface area contributed by atoms with Gasteiger partial charge in [-0.2, -0.15) is 8.42 Å². The van der Waals surface area contributed by atoms with E-state index < -0.39 is 22.4 Å². The lowest BCUT2D eigenvalue weighted by Gasteiger charge is -2.48. The third-order valence-corrected chi connectivity index (χ3v) is 4.49. The zero-order valence-corrected chi connectivity index (χ0v) is 15.8. The van der Waals surface area contributed by atoms with Crippen molar-refractivity contribution in [3.8, 4) is 0 Å². The van der Waals surface area contributed by atoms with Crippen LogP contribution in [0.4, 0.5) is 0 Å². The van der Waals surface area contributed by atoms with Gasteiger partial charge in [0.15, 0.2) is 5.84 Å². The first kappa shape index (κ1) is 22.2. The number of β-lactam (4-membered cyclic amide) rings is 1. The number of rotatable bonds is 4. The summed E-state index contributed by atoms with van der Waals surface area (Å²) in [6, 6.07) is -0.641. The van der Waals surface area contributed by atoms with Crippen LogP contribution in [0.1, 0.15) is 6.92 Å². The molecule has 2 rings (SSSR count). The molecule has 2 aliphatic heterocycles. The number of fused-ring (bicyclic) bond motifs is 1. The molecule has 14 heteroatoms. The Morgan fingerprint density at radius 2 is 2.00 bits per heavy atom. The van der Waals surface area contributed by atoms with Gasteiger partial charge in [-0.05, 0) is 6.92 Å². The first-order chi connectivity index (χ1) is 11.9. The molecule has 26 heavy (non-hydrogen) atoms. The van der Waals surface area contributed by atoms with Crippen LogP contribution in [0, 0.1) is 0 Å². The van der Waals surface area contributed by atoms with Crippen LogP contribution in [0.25, 0.3) is 0 Å². The second kappa shape index (κ2) is 8.68. The molecule has 1 saturated heterocycles. The molecule has 0 spiro atoms. The highest BCUT2D eigenvalue weighted by Crippen LogP contribution is 2.39. The minimum absolute atomic E-state index is 0.0578. The van der Waals surface area contributed by atoms with Crippen molar-refractivity contribution in [2.75, 3.05) is 26.5 Å². The van der Waals surface area contributed by atoms with Gasteiger partial charge in [0, 0.05) is 25.4 Å². The van der Waals surface area contributed by atoms with E-state index in [2.05, 4.69) is 5.16 Å². The Bertz CT molecular complexity index is 726. The molecule has 0 aromatic heterocycles. The number of thioether (sulfide) groups is 1. The molecule has 5 N–H and O–H groups in total. The molecule has 2 aliphatic rings. The Labute approximate surface area is 154 Å². The summed E-state index contributed by atoms with van der Waals surface area (Å²) < 4.78 is 31.6. The molecular weight excluding hydrogens is 392 g/mol. The fourth-order valence-electron chi connectivity index (χ4n) is 2.22. The van der Waals surface area contributed by atoms with Crippen molar-refractivity contribution in [3.05, 3.63) is 11.3 Å². The first-order valence-corrected chi connectivity index (χ1v) is 9.58. The van der Waals surface area contributed by atoms with Crippen LogP contribution in [-0.2, 0) is 24.8 Å². The Morgan fingerprint density at radius 1 is 1.46 bits per heavy atom. The molecule has 12 nitrogen and oxygen atoms in total. The highest BCUT2D eigenvalue weighted by Gasteiger charge is 2.52. The fourth-order valence-corrected chi connectivity index (χ4v) is 3.50. The predicted octanol–water partition coefficient (Wildman–Crippen LogP) is -1.17. The van der Waals surface area contributed by atoms with Crippen molar-refractivity contribution < 1.29 is 37.1 Å². The number of aliphatic carboxylic acids is 1. The summed E-state index contributed by atoms with van der Waals surface area (Å²) in [5.74, 6) is -0.736. The number of hydrogen-bond donors (Lipinski definition) is 4. The number of likely N-dealkylation sites (N-methyl/N-ethyl adjacent to an activating group) is 1. The van der Waals surface area contributed by atoms with E-state index in [1.54, 1.807) is 25.9 Å². The maximum absolute atomic E-state index is 11.9. The zero-order chi connectivity index (χ0) is 20.2. The van der Waals surface area contributed by atoms with Gasteiger partial charge < -0.3 is 20.6 Å². The largest absolute Gasteiger partial charge is 0.477 e. The monoisotopic (exact) mass is 412 g/mol. The van der Waals surface area contributed by atoms with Crippen LogP contribution >= 0.6 is 11.8 Å². The van der Waals surface area contributed by atoms with E-state index >= 15 is 0 Å². The number of nitrogens with zero attached hydrogens (tertiary/aromatic N) is 3. The van der Waals surface area contributed by atoms with Gasteiger partial charge in [-0.1, -0.05) is 5.16 Å². The minimum Gasteiger partial charge on any atom is -0.477 e. The second-order valence-electron chi connectivity index (χ2n) is 5.24. The second-order valence-corrected chi connectivity index (χ2v) is 7.24. The SMILES string of the molecule is CCON=C(C1=C(C(=O)O)N2C(=O)[C@@H](N)[C@@H]2SC1)N(C)C.O=S(=O)(O)O. The molecule has 0 unspecified atom stereocenters. The van der Waals surface area contributed by atoms with E-state index in [4.69, 9.17) is 28.1 Å². The van der Waals surface area contributed by atoms with Crippen molar-refractivity contribution in [2.45, 2.75) is 18.3 Å². The average Bonchev–Trinajstić information content (AvgIpc) is 2.51. The van der Waals surface area contributed by atoms with Gasteiger partial charge in [-0.25, -0.2) is 4.79 Å². The predicted molar refractivity (Wildman–Crippen MR) is 92.7 cm³/mol. The van der Waals surface area contributed by atoms with Gasteiger partial charge in [0.1, 0.15) is 23.7 Å². The lowest BCUT2D eigenvalue weighted by atomic mass is 10.0. The van der Waals surface area contributed by atoms with Crippen molar-refractivity contribution in [1.29, 1.82) is 0 Å². The standard InChI is InChI=1S/C12H18N4O4S.H2O4S/c1-4-20-14-9(15(2)3)6-5-21-11-7(13)10(17)16(11)8(6)12(18)19;1-5(2,3)4/h7,11H,4-5,13H2,1-3H3,(H,18,19);(H2,1,2,3,4)/t7-,11+;/m1./s1. The number of carbonyl (C=O) groups is 2. The molecule has 0 aromatic carbocycles. The molecule has 0 aromatic rings. The van der Waals surface area contributed by atoms with Gasteiger partial charge >= 0.3 is 16.4 Å². The van der Waals surface area contributed by atoms with Crippen molar-refractivity contribution in [2.24, 2.45) is 10.9 Å². The van der Waals surface area contributed by atoms with Crippen molar-refractivity contribution in [1.82, 2.24) is 9.80 Å². The third-order valence-electron chi connectivity index (χ3n) is 3.19. The molecule has 2 heterocycles. The molecule has 1 amide bonds. The lowest BCUT2D eigenvalue weighted by molar-refractivity contribution is -0.147. The molecule has 0 saturated carbocycles. The Balaban J connectivity index is 0.000000597. The number of carboxylic acid groups (broad SMARTS) is 1. The molecular formula is C12H20N4O8S2. The van der Waals surface area contributed by atoms with E-state index in [-0.39, 0.29) is 17.0 Å². The summed E-state index contributed by atoms with van der Waals surface area (Å²) in [5.41, 5.74) is 6.11. The van der Waals surface area contributed by atoms with Gasteiger partial charge in [0.05, 0.1) is 0 Å². The third kappa shape index (κ3) is 5.31. The van der Waals surface area contributed by atoms with Gasteiger partial charge in [0.25, 0.3) is 0 Å². The molecule has 0 radical (unpaired) electrons. The quantitative estimate of drug-likeness (QED) is 0.143. The van der Waals surface area contributed by atoms with Crippen LogP contribution < -0.4 is 5.73 Å². The Morgan fingerprint density at radius 3 is 2.42 bits per heavy atom. The summed E-state index contributed by atoms with van der Waals surface area (Å²) in [6.45, 7) is 2.16. The number of amidine groups is 1. The van der Waals surface area contributed by atoms with Crippen LogP contribution in [0.3, 0.4) is 0 Å². The molecule has 0 bridgehead atoms. The van der Waals surface area contributed by atoms with Gasteiger partial charge in [-0.15, -0.1) is 11.8 Å². The number of carboxylic acids is 1. The highest BCUT2D eigenvalue weighted by molar-refractivity contribution is 8.00. The smallest absolute Gasteiger partial charge is 0.394 e. The molecule has 2 atom stereocenters. The number of hydrogen-bond acceptors (Lipinski definition) is 8. The van der Waals surface area contributed by atoms with Crippen LogP contribution in [0.15, 0.2) is 16.4 Å². The van der Waals surface area contributed by atoms with E-state index in [0.717, 1.165) is 0 Å². The van der Waals surface area contributed by atoms with Crippen LogP contribution in [0.5, 0.6) is 0 Å². The van der Waals surface area contributed by atoms with Crippen molar-refractivity contribution >= 4 is 39.9 Å². The minimum atomic E-state index is -4.67. The zero-order valence-electron chi connectivity index (χ0n) is 14.2. The number of amides is 1. The molecule has 1 fully saturated rings.